The summed E-state index contributed by atoms with van der Waals surface area (Å²) in [4.78, 5) is 14.7. The Balaban J connectivity index is 2.58. The lowest BCUT2D eigenvalue weighted by Crippen LogP contribution is -2.39. The van der Waals surface area contributed by atoms with Crippen molar-refractivity contribution in [3.63, 3.8) is 0 Å². The monoisotopic (exact) mass is 255 g/mol. The first-order valence-corrected chi connectivity index (χ1v) is 6.80. The van der Waals surface area contributed by atoms with E-state index in [9.17, 15) is 9.90 Å². The van der Waals surface area contributed by atoms with Crippen LogP contribution < -0.4 is 0 Å². The normalized spacial score (nSPS) is 14.8. The Morgan fingerprint density at radius 1 is 1.59 bits per heavy atom. The van der Waals surface area contributed by atoms with E-state index in [0.29, 0.717) is 6.54 Å². The summed E-state index contributed by atoms with van der Waals surface area (Å²) in [5, 5.41) is 11.4. The van der Waals surface area contributed by atoms with Gasteiger partial charge in [0.05, 0.1) is 5.41 Å². The van der Waals surface area contributed by atoms with E-state index in [-0.39, 0.29) is 0 Å². The van der Waals surface area contributed by atoms with E-state index in [1.807, 2.05) is 32.3 Å². The first-order valence-electron chi connectivity index (χ1n) is 5.92. The van der Waals surface area contributed by atoms with Crippen LogP contribution in [0, 0.1) is 5.41 Å². The highest BCUT2D eigenvalue weighted by Gasteiger charge is 2.33. The van der Waals surface area contributed by atoms with Crippen LogP contribution in [0.1, 0.15) is 31.6 Å². The summed E-state index contributed by atoms with van der Waals surface area (Å²) >= 11 is 1.71. The van der Waals surface area contributed by atoms with E-state index in [1.54, 1.807) is 11.3 Å². The minimum Gasteiger partial charge on any atom is -0.481 e. The third-order valence-corrected chi connectivity index (χ3v) is 3.80. The average Bonchev–Trinajstić information content (AvgIpc) is 2.70. The highest BCUT2D eigenvalue weighted by atomic mass is 32.1. The maximum atomic E-state index is 11.3. The van der Waals surface area contributed by atoms with Gasteiger partial charge in [-0.1, -0.05) is 19.4 Å². The molecule has 1 rings (SSSR count). The molecule has 0 aliphatic carbocycles. The third-order valence-electron chi connectivity index (χ3n) is 2.94. The molecule has 0 radical (unpaired) electrons. The lowest BCUT2D eigenvalue weighted by Gasteiger charge is -2.29. The zero-order valence-electron chi connectivity index (χ0n) is 10.8. The molecule has 0 aliphatic heterocycles. The van der Waals surface area contributed by atoms with E-state index >= 15 is 0 Å². The molecule has 3 nitrogen and oxygen atoms in total. The molecule has 1 aromatic rings. The Morgan fingerprint density at radius 2 is 2.29 bits per heavy atom. The topological polar surface area (TPSA) is 40.5 Å². The Kier molecular flexibility index (Phi) is 5.15. The van der Waals surface area contributed by atoms with Crippen molar-refractivity contribution in [3.8, 4) is 0 Å². The van der Waals surface area contributed by atoms with Gasteiger partial charge in [-0.05, 0) is 31.8 Å². The van der Waals surface area contributed by atoms with Crippen molar-refractivity contribution in [1.82, 2.24) is 4.90 Å². The predicted molar refractivity (Wildman–Crippen MR) is 71.3 cm³/mol. The van der Waals surface area contributed by atoms with Crippen molar-refractivity contribution in [3.05, 3.63) is 22.4 Å². The number of aliphatic carboxylic acids is 1. The predicted octanol–water partition coefficient (Wildman–Crippen LogP) is 3.07. The molecule has 0 saturated carbocycles. The summed E-state index contributed by atoms with van der Waals surface area (Å²) in [6.45, 7) is 5.28. The first kappa shape index (κ1) is 14.2. The minimum absolute atomic E-state index is 0.591. The number of carboxylic acids is 1. The summed E-state index contributed by atoms with van der Waals surface area (Å²) in [5.74, 6) is -0.697. The van der Waals surface area contributed by atoms with Gasteiger partial charge in [-0.15, -0.1) is 11.3 Å². The lowest BCUT2D eigenvalue weighted by molar-refractivity contribution is -0.149. The largest absolute Gasteiger partial charge is 0.481 e. The SMILES string of the molecule is CCCC(C)(CN(C)Cc1cccs1)C(=O)O. The van der Waals surface area contributed by atoms with Crippen LogP contribution in [-0.4, -0.2) is 29.6 Å². The van der Waals surface area contributed by atoms with Gasteiger partial charge in [-0.25, -0.2) is 0 Å². The fourth-order valence-electron chi connectivity index (χ4n) is 2.13. The Morgan fingerprint density at radius 3 is 2.76 bits per heavy atom. The molecular formula is C13H21NO2S. The number of hydrogen-bond acceptors (Lipinski definition) is 3. The quantitative estimate of drug-likeness (QED) is 0.814. The van der Waals surface area contributed by atoms with Crippen LogP contribution in [0.4, 0.5) is 0 Å². The van der Waals surface area contributed by atoms with Crippen molar-refractivity contribution in [1.29, 1.82) is 0 Å². The van der Waals surface area contributed by atoms with E-state index in [4.69, 9.17) is 0 Å². The van der Waals surface area contributed by atoms with Gasteiger partial charge in [-0.3, -0.25) is 4.79 Å². The Bertz CT molecular complexity index is 350. The van der Waals surface area contributed by atoms with Gasteiger partial charge in [0.15, 0.2) is 0 Å². The summed E-state index contributed by atoms with van der Waals surface area (Å²) in [7, 11) is 1.98. The van der Waals surface area contributed by atoms with E-state index < -0.39 is 11.4 Å². The van der Waals surface area contributed by atoms with Crippen LogP contribution in [0.2, 0.25) is 0 Å². The zero-order chi connectivity index (χ0) is 12.9. The van der Waals surface area contributed by atoms with Crippen LogP contribution in [0.3, 0.4) is 0 Å². The van der Waals surface area contributed by atoms with Gasteiger partial charge in [-0.2, -0.15) is 0 Å². The lowest BCUT2D eigenvalue weighted by atomic mass is 9.85. The van der Waals surface area contributed by atoms with E-state index in [0.717, 1.165) is 19.4 Å². The number of carbonyl (C=O) groups is 1. The molecule has 0 spiro atoms. The van der Waals surface area contributed by atoms with Gasteiger partial charge < -0.3 is 10.0 Å². The molecule has 17 heavy (non-hydrogen) atoms. The number of hydrogen-bond donors (Lipinski definition) is 1. The van der Waals surface area contributed by atoms with Gasteiger partial charge in [0.1, 0.15) is 0 Å². The van der Waals surface area contributed by atoms with Crippen LogP contribution >= 0.6 is 11.3 Å². The molecule has 1 heterocycles. The average molecular weight is 255 g/mol. The summed E-state index contributed by atoms with van der Waals surface area (Å²) in [6.07, 6.45) is 1.62. The van der Waals surface area contributed by atoms with Crippen molar-refractivity contribution >= 4 is 17.3 Å². The summed E-state index contributed by atoms with van der Waals surface area (Å²) in [6, 6.07) is 4.11. The zero-order valence-corrected chi connectivity index (χ0v) is 11.6. The van der Waals surface area contributed by atoms with Gasteiger partial charge >= 0.3 is 5.97 Å². The Hall–Kier alpha value is -0.870. The second-order valence-corrected chi connectivity index (χ2v) is 5.90. The second-order valence-electron chi connectivity index (χ2n) is 4.87. The highest BCUT2D eigenvalue weighted by Crippen LogP contribution is 2.25. The van der Waals surface area contributed by atoms with Crippen molar-refractivity contribution < 1.29 is 9.90 Å². The molecular weight excluding hydrogens is 234 g/mol. The van der Waals surface area contributed by atoms with Crippen molar-refractivity contribution in [2.45, 2.75) is 33.2 Å². The molecule has 1 atom stereocenters. The molecule has 0 amide bonds. The fraction of sp³-hybridized carbons (Fsp3) is 0.615. The molecule has 1 aromatic heterocycles. The standard InChI is InChI=1S/C13H21NO2S/c1-4-7-13(2,12(15)16)10-14(3)9-11-6-5-8-17-11/h5-6,8H,4,7,9-10H2,1-3H3,(H,15,16). The van der Waals surface area contributed by atoms with Crippen molar-refractivity contribution in [2.75, 3.05) is 13.6 Å². The smallest absolute Gasteiger partial charge is 0.310 e. The van der Waals surface area contributed by atoms with Crippen LogP contribution in [-0.2, 0) is 11.3 Å². The van der Waals surface area contributed by atoms with Crippen molar-refractivity contribution in [2.24, 2.45) is 5.41 Å². The molecule has 0 bridgehead atoms. The fourth-order valence-corrected chi connectivity index (χ4v) is 2.91. The van der Waals surface area contributed by atoms with Gasteiger partial charge in [0.25, 0.3) is 0 Å². The van der Waals surface area contributed by atoms with Gasteiger partial charge in [0, 0.05) is 18.0 Å². The maximum absolute atomic E-state index is 11.3. The number of nitrogens with zero attached hydrogens (tertiary/aromatic N) is 1. The van der Waals surface area contributed by atoms with Crippen LogP contribution in [0.25, 0.3) is 0 Å². The highest BCUT2D eigenvalue weighted by molar-refractivity contribution is 7.09. The van der Waals surface area contributed by atoms with Crippen LogP contribution in [0.15, 0.2) is 17.5 Å². The third kappa shape index (κ3) is 4.13. The number of thiophene rings is 1. The van der Waals surface area contributed by atoms with Gasteiger partial charge in [0.2, 0.25) is 0 Å². The molecule has 0 saturated heterocycles. The van der Waals surface area contributed by atoms with E-state index in [1.165, 1.54) is 4.88 Å². The van der Waals surface area contributed by atoms with Crippen LogP contribution in [0.5, 0.6) is 0 Å². The summed E-state index contributed by atoms with van der Waals surface area (Å²) < 4.78 is 0. The molecule has 4 heteroatoms. The maximum Gasteiger partial charge on any atom is 0.310 e. The number of carboxylic acid groups (broad SMARTS) is 1. The second kappa shape index (κ2) is 6.17. The molecule has 96 valence electrons. The minimum atomic E-state index is -0.697. The molecule has 0 fully saturated rings. The molecule has 0 aliphatic rings. The summed E-state index contributed by atoms with van der Waals surface area (Å²) in [5.41, 5.74) is -0.638. The van der Waals surface area contributed by atoms with E-state index in [2.05, 4.69) is 11.0 Å². The molecule has 1 N–H and O–H groups in total. The number of rotatable bonds is 7. The molecule has 0 aromatic carbocycles. The Labute approximate surface area is 107 Å². The molecule has 1 unspecified atom stereocenters. The first-order chi connectivity index (χ1) is 7.98.